The van der Waals surface area contributed by atoms with Crippen LogP contribution in [-0.4, -0.2) is 40.6 Å². The highest BCUT2D eigenvalue weighted by molar-refractivity contribution is 5.92. The molecule has 1 amide bonds. The van der Waals surface area contributed by atoms with Crippen LogP contribution in [0.4, 0.5) is 0 Å². The lowest BCUT2D eigenvalue weighted by Gasteiger charge is -2.32. The molecule has 0 aromatic carbocycles. The summed E-state index contributed by atoms with van der Waals surface area (Å²) in [5, 5.41) is 3.81. The fourth-order valence-corrected chi connectivity index (χ4v) is 2.84. The lowest BCUT2D eigenvalue weighted by molar-refractivity contribution is 0.0623. The molecule has 122 valence electrons. The lowest BCUT2D eigenvalue weighted by atomic mass is 9.98. The number of piperidine rings is 1. The molecule has 3 rings (SSSR count). The van der Waals surface area contributed by atoms with Crippen molar-refractivity contribution in [1.29, 1.82) is 0 Å². The number of rotatable bonds is 4. The van der Waals surface area contributed by atoms with Crippen molar-refractivity contribution in [2.24, 2.45) is 5.92 Å². The van der Waals surface area contributed by atoms with Crippen LogP contribution in [0.2, 0.25) is 0 Å². The Morgan fingerprint density at radius 3 is 3.04 bits per heavy atom. The molecule has 6 heteroatoms. The van der Waals surface area contributed by atoms with Crippen molar-refractivity contribution in [2.45, 2.75) is 26.7 Å². The fourth-order valence-electron chi connectivity index (χ4n) is 2.84. The van der Waals surface area contributed by atoms with E-state index in [1.54, 1.807) is 19.2 Å². The number of amides is 1. The summed E-state index contributed by atoms with van der Waals surface area (Å²) in [4.78, 5) is 18.4. The number of likely N-dealkylation sites (tertiary alicyclic amines) is 1. The summed E-state index contributed by atoms with van der Waals surface area (Å²) in [6.45, 7) is 5.77. The minimum absolute atomic E-state index is 0.0636. The summed E-state index contributed by atoms with van der Waals surface area (Å²) in [6.07, 6.45) is 3.78. The van der Waals surface area contributed by atoms with E-state index in [0.29, 0.717) is 30.5 Å². The molecule has 23 heavy (non-hydrogen) atoms. The fraction of sp³-hybridized carbons (Fsp3) is 0.471. The maximum absolute atomic E-state index is 12.4. The normalized spacial score (nSPS) is 18.0. The average molecular weight is 315 g/mol. The van der Waals surface area contributed by atoms with Crippen molar-refractivity contribution in [3.8, 4) is 5.75 Å². The van der Waals surface area contributed by atoms with Crippen molar-refractivity contribution < 1.29 is 14.1 Å². The lowest BCUT2D eigenvalue weighted by Crippen LogP contribution is -2.41. The largest absolute Gasteiger partial charge is 0.493 e. The SMILES string of the molecule is Cc1cc(OCC2CCCN(C(=O)c3cc(C)on3)C2)ccn1. The molecule has 0 saturated carbocycles. The zero-order valence-corrected chi connectivity index (χ0v) is 13.5. The Morgan fingerprint density at radius 1 is 1.43 bits per heavy atom. The summed E-state index contributed by atoms with van der Waals surface area (Å²) < 4.78 is 10.8. The second-order valence-corrected chi connectivity index (χ2v) is 6.03. The van der Waals surface area contributed by atoms with Gasteiger partial charge in [0.05, 0.1) is 6.61 Å². The van der Waals surface area contributed by atoms with Crippen LogP contribution in [-0.2, 0) is 0 Å². The van der Waals surface area contributed by atoms with Gasteiger partial charge >= 0.3 is 0 Å². The van der Waals surface area contributed by atoms with Crippen LogP contribution in [0.25, 0.3) is 0 Å². The van der Waals surface area contributed by atoms with Gasteiger partial charge in [0.25, 0.3) is 5.91 Å². The zero-order chi connectivity index (χ0) is 16.2. The third kappa shape index (κ3) is 3.88. The van der Waals surface area contributed by atoms with Gasteiger partial charge in [0, 0.05) is 43.0 Å². The predicted octanol–water partition coefficient (Wildman–Crippen LogP) is 2.62. The van der Waals surface area contributed by atoms with Crippen LogP contribution in [0, 0.1) is 19.8 Å². The molecule has 6 nitrogen and oxygen atoms in total. The monoisotopic (exact) mass is 315 g/mol. The summed E-state index contributed by atoms with van der Waals surface area (Å²) in [5.74, 6) is 1.74. The molecule has 0 bridgehead atoms. The Kier molecular flexibility index (Phi) is 4.60. The number of aromatic nitrogens is 2. The highest BCUT2D eigenvalue weighted by Crippen LogP contribution is 2.20. The maximum Gasteiger partial charge on any atom is 0.276 e. The average Bonchev–Trinajstić information content (AvgIpc) is 2.99. The molecule has 1 unspecified atom stereocenters. The first kappa shape index (κ1) is 15.5. The van der Waals surface area contributed by atoms with Crippen LogP contribution >= 0.6 is 0 Å². The standard InChI is InChI=1S/C17H21N3O3/c1-12-8-15(5-6-18-12)22-11-14-4-3-7-20(10-14)17(21)16-9-13(2)23-19-16/h5-6,8-9,14H,3-4,7,10-11H2,1-2H3. The van der Waals surface area contributed by atoms with E-state index >= 15 is 0 Å². The summed E-state index contributed by atoms with van der Waals surface area (Å²) in [7, 11) is 0. The molecule has 1 saturated heterocycles. The van der Waals surface area contributed by atoms with Gasteiger partial charge in [-0.25, -0.2) is 0 Å². The van der Waals surface area contributed by atoms with Gasteiger partial charge in [0.1, 0.15) is 11.5 Å². The molecule has 0 radical (unpaired) electrons. The molecule has 0 spiro atoms. The minimum Gasteiger partial charge on any atom is -0.493 e. The summed E-state index contributed by atoms with van der Waals surface area (Å²) in [5.41, 5.74) is 1.32. The molecule has 1 fully saturated rings. The van der Waals surface area contributed by atoms with Crippen LogP contribution in [0.15, 0.2) is 28.9 Å². The molecule has 1 aliphatic heterocycles. The topological polar surface area (TPSA) is 68.5 Å². The number of carbonyl (C=O) groups is 1. The smallest absolute Gasteiger partial charge is 0.276 e. The van der Waals surface area contributed by atoms with Gasteiger partial charge < -0.3 is 14.2 Å². The Balaban J connectivity index is 1.56. The van der Waals surface area contributed by atoms with Crippen LogP contribution < -0.4 is 4.74 Å². The Hall–Kier alpha value is -2.37. The number of pyridine rings is 1. The molecular formula is C17H21N3O3. The maximum atomic E-state index is 12.4. The van der Waals surface area contributed by atoms with Gasteiger partial charge in [-0.15, -0.1) is 0 Å². The first-order valence-electron chi connectivity index (χ1n) is 7.90. The first-order chi connectivity index (χ1) is 11.1. The number of aryl methyl sites for hydroxylation is 2. The predicted molar refractivity (Wildman–Crippen MR) is 84.3 cm³/mol. The zero-order valence-electron chi connectivity index (χ0n) is 13.5. The van der Waals surface area contributed by atoms with Crippen LogP contribution in [0.3, 0.4) is 0 Å². The van der Waals surface area contributed by atoms with Gasteiger partial charge in [0.15, 0.2) is 5.69 Å². The molecule has 1 aliphatic rings. The van der Waals surface area contributed by atoms with E-state index in [0.717, 1.165) is 30.8 Å². The first-order valence-corrected chi connectivity index (χ1v) is 7.90. The highest BCUT2D eigenvalue weighted by Gasteiger charge is 2.26. The molecule has 0 aliphatic carbocycles. The molecule has 1 atom stereocenters. The van der Waals surface area contributed by atoms with Gasteiger partial charge in [-0.3, -0.25) is 9.78 Å². The number of carbonyl (C=O) groups excluding carboxylic acids is 1. The van der Waals surface area contributed by atoms with E-state index in [1.807, 2.05) is 24.0 Å². The van der Waals surface area contributed by atoms with Crippen molar-refractivity contribution in [2.75, 3.05) is 19.7 Å². The Morgan fingerprint density at radius 2 is 2.30 bits per heavy atom. The highest BCUT2D eigenvalue weighted by atomic mass is 16.5. The Bertz CT molecular complexity index is 683. The van der Waals surface area contributed by atoms with E-state index in [1.165, 1.54) is 0 Å². The number of hydrogen-bond acceptors (Lipinski definition) is 5. The van der Waals surface area contributed by atoms with E-state index in [2.05, 4.69) is 10.1 Å². The van der Waals surface area contributed by atoms with Crippen LogP contribution in [0.5, 0.6) is 5.75 Å². The van der Waals surface area contributed by atoms with Gasteiger partial charge in [0.2, 0.25) is 0 Å². The Labute approximate surface area is 135 Å². The molecular weight excluding hydrogens is 294 g/mol. The van der Waals surface area contributed by atoms with E-state index in [-0.39, 0.29) is 5.91 Å². The van der Waals surface area contributed by atoms with E-state index in [4.69, 9.17) is 9.26 Å². The van der Waals surface area contributed by atoms with Gasteiger partial charge in [-0.2, -0.15) is 0 Å². The summed E-state index contributed by atoms with van der Waals surface area (Å²) >= 11 is 0. The number of hydrogen-bond donors (Lipinski definition) is 0. The van der Waals surface area contributed by atoms with Gasteiger partial charge in [-0.05, 0) is 32.8 Å². The quantitative estimate of drug-likeness (QED) is 0.867. The molecule has 2 aromatic rings. The summed E-state index contributed by atoms with van der Waals surface area (Å²) in [6, 6.07) is 5.46. The molecule has 0 N–H and O–H groups in total. The van der Waals surface area contributed by atoms with E-state index in [9.17, 15) is 4.79 Å². The number of nitrogens with zero attached hydrogens (tertiary/aromatic N) is 3. The molecule has 2 aromatic heterocycles. The van der Waals surface area contributed by atoms with Crippen molar-refractivity contribution >= 4 is 5.91 Å². The third-order valence-corrected chi connectivity index (χ3v) is 4.01. The second kappa shape index (κ2) is 6.81. The third-order valence-electron chi connectivity index (χ3n) is 4.01. The van der Waals surface area contributed by atoms with Crippen molar-refractivity contribution in [3.63, 3.8) is 0 Å². The van der Waals surface area contributed by atoms with Crippen molar-refractivity contribution in [1.82, 2.24) is 15.0 Å². The van der Waals surface area contributed by atoms with E-state index < -0.39 is 0 Å². The second-order valence-electron chi connectivity index (χ2n) is 6.03. The minimum atomic E-state index is -0.0636. The molecule has 3 heterocycles. The van der Waals surface area contributed by atoms with Crippen molar-refractivity contribution in [3.05, 3.63) is 41.5 Å². The number of ether oxygens (including phenoxy) is 1. The van der Waals surface area contributed by atoms with Crippen LogP contribution in [0.1, 0.15) is 34.8 Å². The van der Waals surface area contributed by atoms with Gasteiger partial charge in [-0.1, -0.05) is 5.16 Å².